The second-order valence-electron chi connectivity index (χ2n) is 6.01. The van der Waals surface area contributed by atoms with Crippen LogP contribution in [0.25, 0.3) is 0 Å². The molecule has 120 valence electrons. The Morgan fingerprint density at radius 3 is 2.74 bits per heavy atom. The highest BCUT2D eigenvalue weighted by molar-refractivity contribution is 6.33. The highest BCUT2D eigenvalue weighted by Crippen LogP contribution is 2.25. The summed E-state index contributed by atoms with van der Waals surface area (Å²) in [6.45, 7) is 3.85. The molecule has 1 N–H and O–H groups in total. The number of nitrogens with zero attached hydrogens (tertiary/aromatic N) is 2. The lowest BCUT2D eigenvalue weighted by atomic mass is 9.99. The summed E-state index contributed by atoms with van der Waals surface area (Å²) < 4.78 is 0. The number of aromatic nitrogens is 1. The number of rotatable bonds is 3. The van der Waals surface area contributed by atoms with Gasteiger partial charge < -0.3 is 10.2 Å². The highest BCUT2D eigenvalue weighted by Gasteiger charge is 2.22. The van der Waals surface area contributed by atoms with Gasteiger partial charge in [0.05, 0.1) is 10.7 Å². The molecule has 1 amide bonds. The van der Waals surface area contributed by atoms with Gasteiger partial charge in [0.2, 0.25) is 0 Å². The first-order valence-electron chi connectivity index (χ1n) is 7.90. The summed E-state index contributed by atoms with van der Waals surface area (Å²) in [5.74, 6) is 0.694. The van der Waals surface area contributed by atoms with Gasteiger partial charge in [0.25, 0.3) is 5.91 Å². The second-order valence-corrected chi connectivity index (χ2v) is 6.42. The monoisotopic (exact) mass is 329 g/mol. The van der Waals surface area contributed by atoms with E-state index in [4.69, 9.17) is 11.6 Å². The summed E-state index contributed by atoms with van der Waals surface area (Å²) in [6, 6.07) is 11.1. The van der Waals surface area contributed by atoms with E-state index in [2.05, 4.69) is 17.2 Å². The number of hydrogen-bond acceptors (Lipinski definition) is 3. The lowest BCUT2D eigenvalue weighted by Gasteiger charge is -2.30. The molecule has 1 aromatic carbocycles. The molecule has 2 aromatic rings. The minimum Gasteiger partial charge on any atom is -0.354 e. The van der Waals surface area contributed by atoms with Crippen molar-refractivity contribution < 1.29 is 4.79 Å². The van der Waals surface area contributed by atoms with Crippen LogP contribution in [0, 0.1) is 5.92 Å². The van der Waals surface area contributed by atoms with Gasteiger partial charge in [-0.25, -0.2) is 0 Å². The minimum absolute atomic E-state index is 0.000270. The molecule has 1 aliphatic rings. The summed E-state index contributed by atoms with van der Waals surface area (Å²) in [5.41, 5.74) is 2.09. The number of amides is 1. The predicted octanol–water partition coefficient (Wildman–Crippen LogP) is 4.35. The average molecular weight is 330 g/mol. The Bertz CT molecular complexity index is 696. The Hall–Kier alpha value is -2.07. The molecule has 4 nitrogen and oxygen atoms in total. The van der Waals surface area contributed by atoms with Crippen molar-refractivity contribution in [2.75, 3.05) is 18.4 Å². The van der Waals surface area contributed by atoms with E-state index in [-0.39, 0.29) is 5.91 Å². The molecule has 5 heteroatoms. The standard InChI is InChI=1S/C18H20ClN3O/c1-13-7-10-22(11-8-13)18(23)17-12-14(6-9-20-17)21-16-5-3-2-4-15(16)19/h2-6,9,12-13H,7-8,10-11H2,1H3,(H,20,21). The molecule has 23 heavy (non-hydrogen) atoms. The van der Waals surface area contributed by atoms with E-state index in [1.165, 1.54) is 0 Å². The van der Waals surface area contributed by atoms with E-state index < -0.39 is 0 Å². The van der Waals surface area contributed by atoms with E-state index in [9.17, 15) is 4.79 Å². The van der Waals surface area contributed by atoms with E-state index in [1.807, 2.05) is 35.2 Å². The Labute approximate surface area is 141 Å². The molecule has 1 fully saturated rings. The van der Waals surface area contributed by atoms with E-state index in [1.54, 1.807) is 12.3 Å². The smallest absolute Gasteiger partial charge is 0.272 e. The number of carbonyl (C=O) groups excluding carboxylic acids is 1. The largest absolute Gasteiger partial charge is 0.354 e. The molecule has 0 saturated carbocycles. The summed E-state index contributed by atoms with van der Waals surface area (Å²) in [7, 11) is 0. The normalized spacial score (nSPS) is 15.5. The quantitative estimate of drug-likeness (QED) is 0.910. The topological polar surface area (TPSA) is 45.2 Å². The zero-order valence-electron chi connectivity index (χ0n) is 13.1. The van der Waals surface area contributed by atoms with Crippen molar-refractivity contribution in [1.29, 1.82) is 0 Å². The summed E-state index contributed by atoms with van der Waals surface area (Å²) in [6.07, 6.45) is 3.77. The van der Waals surface area contributed by atoms with Crippen molar-refractivity contribution >= 4 is 28.9 Å². The lowest BCUT2D eigenvalue weighted by molar-refractivity contribution is 0.0691. The van der Waals surface area contributed by atoms with Crippen LogP contribution >= 0.6 is 11.6 Å². The third-order valence-corrected chi connectivity index (χ3v) is 4.53. The fraction of sp³-hybridized carbons (Fsp3) is 0.333. The number of likely N-dealkylation sites (tertiary alicyclic amines) is 1. The SMILES string of the molecule is CC1CCN(C(=O)c2cc(Nc3ccccc3Cl)ccn2)CC1. The molecule has 1 saturated heterocycles. The average Bonchev–Trinajstić information content (AvgIpc) is 2.57. The molecule has 0 bridgehead atoms. The molecule has 0 aliphatic carbocycles. The van der Waals surface area contributed by atoms with Crippen LogP contribution in [0.1, 0.15) is 30.3 Å². The maximum atomic E-state index is 12.6. The van der Waals surface area contributed by atoms with Gasteiger partial charge in [-0.3, -0.25) is 9.78 Å². The summed E-state index contributed by atoms with van der Waals surface area (Å²) >= 11 is 6.16. The van der Waals surface area contributed by atoms with Gasteiger partial charge in [-0.05, 0) is 43.0 Å². The van der Waals surface area contributed by atoms with Gasteiger partial charge in [0.1, 0.15) is 5.69 Å². The molecule has 1 aliphatic heterocycles. The van der Waals surface area contributed by atoms with Crippen LogP contribution in [0.4, 0.5) is 11.4 Å². The number of benzene rings is 1. The number of nitrogens with one attached hydrogen (secondary N) is 1. The van der Waals surface area contributed by atoms with Crippen LogP contribution in [0.3, 0.4) is 0 Å². The van der Waals surface area contributed by atoms with E-state index in [0.29, 0.717) is 16.6 Å². The van der Waals surface area contributed by atoms with E-state index >= 15 is 0 Å². The Morgan fingerprint density at radius 2 is 2.00 bits per heavy atom. The fourth-order valence-electron chi connectivity index (χ4n) is 2.72. The molecule has 2 heterocycles. The molecule has 3 rings (SSSR count). The zero-order chi connectivity index (χ0) is 16.2. The summed E-state index contributed by atoms with van der Waals surface area (Å²) in [4.78, 5) is 18.7. The van der Waals surface area contributed by atoms with Crippen LogP contribution in [0.5, 0.6) is 0 Å². The molecule has 0 spiro atoms. The number of piperidine rings is 1. The molecule has 0 atom stereocenters. The number of para-hydroxylation sites is 1. The van der Waals surface area contributed by atoms with Crippen LogP contribution in [-0.2, 0) is 0 Å². The molecule has 1 aromatic heterocycles. The predicted molar refractivity (Wildman–Crippen MR) is 93.3 cm³/mol. The first kappa shape index (κ1) is 15.8. The lowest BCUT2D eigenvalue weighted by Crippen LogP contribution is -2.38. The van der Waals surface area contributed by atoms with Gasteiger partial charge in [0.15, 0.2) is 0 Å². The molecular formula is C18H20ClN3O. The highest BCUT2D eigenvalue weighted by atomic mass is 35.5. The maximum Gasteiger partial charge on any atom is 0.272 e. The van der Waals surface area contributed by atoms with Gasteiger partial charge in [0, 0.05) is 25.0 Å². The second kappa shape index (κ2) is 7.01. The minimum atomic E-state index is -0.000270. The number of hydrogen-bond donors (Lipinski definition) is 1. The van der Waals surface area contributed by atoms with Crippen molar-refractivity contribution in [3.05, 3.63) is 53.3 Å². The molecular weight excluding hydrogens is 310 g/mol. The van der Waals surface area contributed by atoms with Crippen molar-refractivity contribution in [1.82, 2.24) is 9.88 Å². The Balaban J connectivity index is 1.75. The number of anilines is 2. The van der Waals surface area contributed by atoms with Gasteiger partial charge >= 0.3 is 0 Å². The van der Waals surface area contributed by atoms with Gasteiger partial charge in [-0.2, -0.15) is 0 Å². The summed E-state index contributed by atoms with van der Waals surface area (Å²) in [5, 5.41) is 3.88. The Kier molecular flexibility index (Phi) is 4.82. The van der Waals surface area contributed by atoms with Crippen molar-refractivity contribution in [2.45, 2.75) is 19.8 Å². The van der Waals surface area contributed by atoms with Crippen LogP contribution < -0.4 is 5.32 Å². The maximum absolute atomic E-state index is 12.6. The molecule has 0 radical (unpaired) electrons. The number of carbonyl (C=O) groups is 1. The Morgan fingerprint density at radius 1 is 1.26 bits per heavy atom. The number of halogens is 1. The van der Waals surface area contributed by atoms with Crippen LogP contribution in [0.2, 0.25) is 5.02 Å². The first-order chi connectivity index (χ1) is 11.1. The van der Waals surface area contributed by atoms with Crippen molar-refractivity contribution in [3.63, 3.8) is 0 Å². The zero-order valence-corrected chi connectivity index (χ0v) is 13.9. The van der Waals surface area contributed by atoms with Crippen LogP contribution in [0.15, 0.2) is 42.6 Å². The fourth-order valence-corrected chi connectivity index (χ4v) is 2.90. The van der Waals surface area contributed by atoms with E-state index in [0.717, 1.165) is 37.3 Å². The van der Waals surface area contributed by atoms with Gasteiger partial charge in [-0.15, -0.1) is 0 Å². The van der Waals surface area contributed by atoms with Gasteiger partial charge in [-0.1, -0.05) is 30.7 Å². The number of pyridine rings is 1. The van der Waals surface area contributed by atoms with Crippen LogP contribution in [-0.4, -0.2) is 28.9 Å². The molecule has 0 unspecified atom stereocenters. The van der Waals surface area contributed by atoms with Crippen molar-refractivity contribution in [3.8, 4) is 0 Å². The first-order valence-corrected chi connectivity index (χ1v) is 8.28. The third kappa shape index (κ3) is 3.82. The van der Waals surface area contributed by atoms with Crippen molar-refractivity contribution in [2.24, 2.45) is 5.92 Å². The third-order valence-electron chi connectivity index (χ3n) is 4.20.